The lowest BCUT2D eigenvalue weighted by Gasteiger charge is -2.14. The number of nitrogens with one attached hydrogen (secondary N) is 1. The van der Waals surface area contributed by atoms with Gasteiger partial charge >= 0.3 is 0 Å². The predicted octanol–water partition coefficient (Wildman–Crippen LogP) is 3.88. The normalized spacial score (nSPS) is 14.5. The third-order valence-electron chi connectivity index (χ3n) is 3.36. The number of rotatable bonds is 5. The maximum Gasteiger partial charge on any atom is 0.120 e. The summed E-state index contributed by atoms with van der Waals surface area (Å²) in [6.45, 7) is 2.53. The van der Waals surface area contributed by atoms with Crippen LogP contribution in [0, 0.1) is 0 Å². The van der Waals surface area contributed by atoms with Gasteiger partial charge in [0.2, 0.25) is 0 Å². The summed E-state index contributed by atoms with van der Waals surface area (Å²) < 4.78 is 6.55. The molecule has 0 fully saturated rings. The molecule has 0 saturated carbocycles. The lowest BCUT2D eigenvalue weighted by molar-refractivity contribution is 0.173. The van der Waals surface area contributed by atoms with E-state index in [0.717, 1.165) is 10.6 Å². The number of furan rings is 1. The van der Waals surface area contributed by atoms with Crippen molar-refractivity contribution in [1.82, 2.24) is 5.32 Å². The smallest absolute Gasteiger partial charge is 0.120 e. The second kappa shape index (κ2) is 5.79. The molecule has 0 radical (unpaired) electrons. The van der Waals surface area contributed by atoms with Crippen LogP contribution < -0.4 is 5.32 Å². The van der Waals surface area contributed by atoms with Gasteiger partial charge in [0, 0.05) is 16.1 Å². The Morgan fingerprint density at radius 2 is 2.10 bits per heavy atom. The highest BCUT2D eigenvalue weighted by Crippen LogP contribution is 2.29. The number of fused-ring (bicyclic) bond motifs is 1. The Balaban J connectivity index is 1.65. The molecule has 2 unspecified atom stereocenters. The van der Waals surface area contributed by atoms with Crippen molar-refractivity contribution in [3.05, 3.63) is 59.4 Å². The van der Waals surface area contributed by atoms with Crippen molar-refractivity contribution >= 4 is 21.4 Å². The highest BCUT2D eigenvalue weighted by atomic mass is 32.1. The van der Waals surface area contributed by atoms with Gasteiger partial charge in [0.25, 0.3) is 0 Å². The number of benzene rings is 1. The second-order valence-electron chi connectivity index (χ2n) is 4.85. The minimum Gasteiger partial charge on any atom is -0.468 e. The van der Waals surface area contributed by atoms with Crippen LogP contribution >= 0.6 is 11.3 Å². The fourth-order valence-electron chi connectivity index (χ4n) is 2.19. The third-order valence-corrected chi connectivity index (χ3v) is 4.58. The van der Waals surface area contributed by atoms with Crippen LogP contribution in [0.15, 0.2) is 53.1 Å². The summed E-state index contributed by atoms with van der Waals surface area (Å²) in [6.07, 6.45) is 1.17. The molecule has 3 aromatic rings. The quantitative estimate of drug-likeness (QED) is 0.748. The van der Waals surface area contributed by atoms with Crippen molar-refractivity contribution in [2.24, 2.45) is 0 Å². The summed E-state index contributed by atoms with van der Waals surface area (Å²) >= 11 is 1.64. The van der Waals surface area contributed by atoms with Crippen molar-refractivity contribution in [2.45, 2.75) is 19.1 Å². The molecule has 0 spiro atoms. The molecule has 20 heavy (non-hydrogen) atoms. The van der Waals surface area contributed by atoms with Gasteiger partial charge in [-0.05, 0) is 36.6 Å². The van der Waals surface area contributed by atoms with Gasteiger partial charge in [-0.25, -0.2) is 0 Å². The van der Waals surface area contributed by atoms with E-state index in [0.29, 0.717) is 6.54 Å². The molecular formula is C16H17NO2S. The fourth-order valence-corrected chi connectivity index (χ4v) is 3.24. The molecule has 0 bridgehead atoms. The fraction of sp³-hybridized carbons (Fsp3) is 0.250. The van der Waals surface area contributed by atoms with Gasteiger partial charge in [0.1, 0.15) is 11.9 Å². The summed E-state index contributed by atoms with van der Waals surface area (Å²) in [7, 11) is 0. The lowest BCUT2D eigenvalue weighted by Crippen LogP contribution is -2.24. The Hall–Kier alpha value is -1.62. The lowest BCUT2D eigenvalue weighted by atomic mass is 10.2. The zero-order chi connectivity index (χ0) is 13.9. The average molecular weight is 287 g/mol. The van der Waals surface area contributed by atoms with E-state index in [2.05, 4.69) is 23.5 Å². The van der Waals surface area contributed by atoms with E-state index in [1.165, 1.54) is 10.1 Å². The van der Waals surface area contributed by atoms with Crippen molar-refractivity contribution in [2.75, 3.05) is 6.54 Å². The summed E-state index contributed by atoms with van der Waals surface area (Å²) in [4.78, 5) is 0.991. The molecule has 2 N–H and O–H groups in total. The van der Waals surface area contributed by atoms with Crippen molar-refractivity contribution in [3.63, 3.8) is 0 Å². The Kier molecular flexibility index (Phi) is 3.87. The largest absolute Gasteiger partial charge is 0.468 e. The van der Waals surface area contributed by atoms with Crippen molar-refractivity contribution in [1.29, 1.82) is 0 Å². The molecular weight excluding hydrogens is 270 g/mol. The summed E-state index contributed by atoms with van der Waals surface area (Å²) in [6, 6.07) is 14.1. The van der Waals surface area contributed by atoms with Gasteiger partial charge in [0.15, 0.2) is 0 Å². The molecule has 1 aromatic carbocycles. The van der Waals surface area contributed by atoms with Crippen LogP contribution in [-0.4, -0.2) is 11.7 Å². The molecule has 2 heterocycles. The van der Waals surface area contributed by atoms with Gasteiger partial charge in [-0.2, -0.15) is 0 Å². The van der Waals surface area contributed by atoms with Gasteiger partial charge in [-0.3, -0.25) is 0 Å². The van der Waals surface area contributed by atoms with E-state index in [1.807, 2.05) is 31.2 Å². The Morgan fingerprint density at radius 3 is 2.85 bits per heavy atom. The molecule has 3 rings (SSSR count). The molecule has 104 valence electrons. The van der Waals surface area contributed by atoms with Gasteiger partial charge < -0.3 is 14.8 Å². The van der Waals surface area contributed by atoms with E-state index < -0.39 is 6.10 Å². The standard InChI is InChI=1S/C16H17NO2S/c1-11(14-6-4-8-19-14)17-10-13(18)16-9-12-5-2-3-7-15(12)20-16/h2-9,11,13,17-18H,10H2,1H3. The first-order valence-electron chi connectivity index (χ1n) is 6.67. The first kappa shape index (κ1) is 13.4. The molecule has 3 nitrogen and oxygen atoms in total. The number of hydrogen-bond donors (Lipinski definition) is 2. The molecule has 0 aliphatic rings. The molecule has 2 atom stereocenters. The van der Waals surface area contributed by atoms with Gasteiger partial charge in [-0.1, -0.05) is 18.2 Å². The maximum absolute atomic E-state index is 10.3. The number of hydrogen-bond acceptors (Lipinski definition) is 4. The molecule has 4 heteroatoms. The van der Waals surface area contributed by atoms with Gasteiger partial charge in [-0.15, -0.1) is 11.3 Å². The zero-order valence-electron chi connectivity index (χ0n) is 11.2. The second-order valence-corrected chi connectivity index (χ2v) is 5.96. The molecule has 2 aromatic heterocycles. The summed E-state index contributed by atoms with van der Waals surface area (Å²) in [5.41, 5.74) is 0. The van der Waals surface area contributed by atoms with Crippen LogP contribution in [0.5, 0.6) is 0 Å². The maximum atomic E-state index is 10.3. The Morgan fingerprint density at radius 1 is 1.25 bits per heavy atom. The minimum absolute atomic E-state index is 0.0917. The van der Waals surface area contributed by atoms with Gasteiger partial charge in [0.05, 0.1) is 12.3 Å². The van der Waals surface area contributed by atoms with Crippen LogP contribution in [0.4, 0.5) is 0 Å². The predicted molar refractivity (Wildman–Crippen MR) is 81.9 cm³/mol. The monoisotopic (exact) mass is 287 g/mol. The highest BCUT2D eigenvalue weighted by molar-refractivity contribution is 7.19. The van der Waals surface area contributed by atoms with Crippen LogP contribution in [-0.2, 0) is 0 Å². The van der Waals surface area contributed by atoms with Crippen LogP contribution in [0.25, 0.3) is 10.1 Å². The topological polar surface area (TPSA) is 45.4 Å². The van der Waals surface area contributed by atoms with E-state index in [9.17, 15) is 5.11 Å². The minimum atomic E-state index is -0.496. The molecule has 0 aliphatic carbocycles. The Bertz CT molecular complexity index is 642. The Labute approximate surface area is 121 Å². The van der Waals surface area contributed by atoms with E-state index in [4.69, 9.17) is 4.42 Å². The van der Waals surface area contributed by atoms with Crippen LogP contribution in [0.3, 0.4) is 0 Å². The highest BCUT2D eigenvalue weighted by Gasteiger charge is 2.14. The van der Waals surface area contributed by atoms with Crippen molar-refractivity contribution in [3.8, 4) is 0 Å². The molecule has 0 amide bonds. The summed E-state index contributed by atoms with van der Waals surface area (Å²) in [5.74, 6) is 0.883. The first-order valence-corrected chi connectivity index (χ1v) is 7.49. The van der Waals surface area contributed by atoms with E-state index >= 15 is 0 Å². The third kappa shape index (κ3) is 2.77. The van der Waals surface area contributed by atoms with E-state index in [-0.39, 0.29) is 6.04 Å². The number of aliphatic hydroxyl groups is 1. The number of thiophene rings is 1. The molecule has 0 saturated heterocycles. The van der Waals surface area contributed by atoms with Crippen LogP contribution in [0.1, 0.15) is 29.7 Å². The zero-order valence-corrected chi connectivity index (χ0v) is 12.1. The molecule has 0 aliphatic heterocycles. The first-order chi connectivity index (χ1) is 9.74. The average Bonchev–Trinajstić information content (AvgIpc) is 3.12. The van der Waals surface area contributed by atoms with Crippen molar-refractivity contribution < 1.29 is 9.52 Å². The van der Waals surface area contributed by atoms with Crippen LogP contribution in [0.2, 0.25) is 0 Å². The SMILES string of the molecule is CC(NCC(O)c1cc2ccccc2s1)c1ccco1. The van der Waals surface area contributed by atoms with E-state index in [1.54, 1.807) is 17.6 Å². The summed E-state index contributed by atoms with van der Waals surface area (Å²) in [5, 5.41) is 14.8. The number of aliphatic hydroxyl groups excluding tert-OH is 1.